The number of halogens is 1. The lowest BCUT2D eigenvalue weighted by Gasteiger charge is -2.13. The SMILES string of the molecule is CCOc1cc(/C=C2\N=C(c3ccc(C)cc3)OC2=O)cc(I)c1OCC. The highest BCUT2D eigenvalue weighted by Crippen LogP contribution is 2.35. The van der Waals surface area contributed by atoms with Gasteiger partial charge in [-0.3, -0.25) is 0 Å². The van der Waals surface area contributed by atoms with Crippen LogP contribution in [0.2, 0.25) is 0 Å². The molecule has 140 valence electrons. The quantitative estimate of drug-likeness (QED) is 0.343. The Morgan fingerprint density at radius 2 is 1.81 bits per heavy atom. The molecule has 2 aromatic carbocycles. The van der Waals surface area contributed by atoms with E-state index in [1.165, 1.54) is 0 Å². The third-order valence-corrected chi connectivity index (χ3v) is 4.64. The van der Waals surface area contributed by atoms with Crippen molar-refractivity contribution in [1.82, 2.24) is 0 Å². The van der Waals surface area contributed by atoms with Crippen LogP contribution in [0.15, 0.2) is 47.1 Å². The highest BCUT2D eigenvalue weighted by molar-refractivity contribution is 14.1. The molecule has 1 aliphatic heterocycles. The first-order valence-corrected chi connectivity index (χ1v) is 9.78. The van der Waals surface area contributed by atoms with Crippen molar-refractivity contribution >= 4 is 40.5 Å². The molecule has 0 fully saturated rings. The Morgan fingerprint density at radius 1 is 1.11 bits per heavy atom. The molecule has 0 aliphatic carbocycles. The van der Waals surface area contributed by atoms with Gasteiger partial charge in [0.1, 0.15) is 0 Å². The van der Waals surface area contributed by atoms with Crippen molar-refractivity contribution in [2.24, 2.45) is 4.99 Å². The average molecular weight is 477 g/mol. The van der Waals surface area contributed by atoms with E-state index in [1.54, 1.807) is 6.08 Å². The van der Waals surface area contributed by atoms with Crippen LogP contribution in [-0.4, -0.2) is 25.1 Å². The molecule has 0 saturated heterocycles. The number of nitrogens with zero attached hydrogens (tertiary/aromatic N) is 1. The predicted octanol–water partition coefficient (Wildman–Crippen LogP) is 4.74. The molecule has 0 radical (unpaired) electrons. The number of aliphatic imine (C=N–C) groups is 1. The molecule has 0 atom stereocenters. The van der Waals surface area contributed by atoms with Crippen LogP contribution in [0.1, 0.15) is 30.5 Å². The Kier molecular flexibility index (Phi) is 6.15. The summed E-state index contributed by atoms with van der Waals surface area (Å²) in [6.07, 6.45) is 1.70. The molecule has 1 aliphatic rings. The first-order chi connectivity index (χ1) is 13.0. The van der Waals surface area contributed by atoms with Gasteiger partial charge in [-0.2, -0.15) is 0 Å². The maximum Gasteiger partial charge on any atom is 0.363 e. The van der Waals surface area contributed by atoms with E-state index in [1.807, 2.05) is 57.2 Å². The topological polar surface area (TPSA) is 57.1 Å². The number of hydrogen-bond donors (Lipinski definition) is 0. The fourth-order valence-electron chi connectivity index (χ4n) is 2.61. The van der Waals surface area contributed by atoms with Gasteiger partial charge < -0.3 is 14.2 Å². The van der Waals surface area contributed by atoms with Gasteiger partial charge in [-0.15, -0.1) is 0 Å². The number of ether oxygens (including phenoxy) is 3. The van der Waals surface area contributed by atoms with Gasteiger partial charge in [0.25, 0.3) is 0 Å². The molecular weight excluding hydrogens is 457 g/mol. The predicted molar refractivity (Wildman–Crippen MR) is 113 cm³/mol. The lowest BCUT2D eigenvalue weighted by atomic mass is 10.1. The summed E-state index contributed by atoms with van der Waals surface area (Å²) in [6, 6.07) is 11.5. The van der Waals surface area contributed by atoms with Crippen LogP contribution in [0, 0.1) is 10.5 Å². The van der Waals surface area contributed by atoms with Gasteiger partial charge in [-0.25, -0.2) is 9.79 Å². The van der Waals surface area contributed by atoms with Crippen molar-refractivity contribution in [1.29, 1.82) is 0 Å². The molecule has 0 N–H and O–H groups in total. The number of benzene rings is 2. The number of esters is 1. The molecule has 5 nitrogen and oxygen atoms in total. The minimum atomic E-state index is -0.465. The number of carbonyl (C=O) groups is 1. The second-order valence-corrected chi connectivity index (χ2v) is 7.06. The Labute approximate surface area is 172 Å². The maximum atomic E-state index is 12.2. The van der Waals surface area contributed by atoms with Gasteiger partial charge in [0.15, 0.2) is 17.2 Å². The second-order valence-electron chi connectivity index (χ2n) is 5.90. The highest BCUT2D eigenvalue weighted by atomic mass is 127. The van der Waals surface area contributed by atoms with Gasteiger partial charge in [-0.05, 0) is 79.3 Å². The Hall–Kier alpha value is -2.35. The van der Waals surface area contributed by atoms with Gasteiger partial charge >= 0.3 is 5.97 Å². The van der Waals surface area contributed by atoms with Crippen LogP contribution in [0.4, 0.5) is 0 Å². The highest BCUT2D eigenvalue weighted by Gasteiger charge is 2.24. The first-order valence-electron chi connectivity index (χ1n) is 8.70. The number of rotatable bonds is 6. The van der Waals surface area contributed by atoms with Crippen molar-refractivity contribution in [2.45, 2.75) is 20.8 Å². The minimum absolute atomic E-state index is 0.257. The van der Waals surface area contributed by atoms with E-state index in [4.69, 9.17) is 14.2 Å². The van der Waals surface area contributed by atoms with Gasteiger partial charge in [0.05, 0.1) is 16.8 Å². The molecule has 27 heavy (non-hydrogen) atoms. The zero-order chi connectivity index (χ0) is 19.4. The second kappa shape index (κ2) is 8.56. The molecule has 0 bridgehead atoms. The zero-order valence-corrected chi connectivity index (χ0v) is 17.6. The largest absolute Gasteiger partial charge is 0.490 e. The van der Waals surface area contributed by atoms with E-state index in [-0.39, 0.29) is 5.70 Å². The van der Waals surface area contributed by atoms with Crippen LogP contribution in [0.25, 0.3) is 6.08 Å². The third-order valence-electron chi connectivity index (χ3n) is 3.84. The van der Waals surface area contributed by atoms with E-state index in [9.17, 15) is 4.79 Å². The summed E-state index contributed by atoms with van der Waals surface area (Å²) < 4.78 is 17.6. The number of hydrogen-bond acceptors (Lipinski definition) is 5. The Bertz CT molecular complexity index is 917. The lowest BCUT2D eigenvalue weighted by molar-refractivity contribution is -0.129. The standard InChI is InChI=1S/C21H20INO4/c1-4-25-18-12-14(10-16(22)19(18)26-5-2)11-17-21(24)27-20(23-17)15-8-6-13(3)7-9-15/h6-12H,4-5H2,1-3H3/b17-11-. The van der Waals surface area contributed by atoms with Gasteiger partial charge in [0.2, 0.25) is 5.90 Å². The molecule has 0 unspecified atom stereocenters. The molecular formula is C21H20INO4. The summed E-state index contributed by atoms with van der Waals surface area (Å²) in [6.45, 7) is 6.92. The van der Waals surface area contributed by atoms with Crippen molar-refractivity contribution < 1.29 is 19.0 Å². The van der Waals surface area contributed by atoms with Crippen molar-refractivity contribution in [3.05, 3.63) is 62.4 Å². The minimum Gasteiger partial charge on any atom is -0.490 e. The van der Waals surface area contributed by atoms with Gasteiger partial charge in [-0.1, -0.05) is 17.7 Å². The first kappa shape index (κ1) is 19.4. The number of cyclic esters (lactones) is 1. The summed E-state index contributed by atoms with van der Waals surface area (Å²) in [4.78, 5) is 16.6. The molecule has 0 aromatic heterocycles. The molecule has 0 spiro atoms. The van der Waals surface area contributed by atoms with Crippen LogP contribution in [-0.2, 0) is 9.53 Å². The maximum absolute atomic E-state index is 12.2. The van der Waals surface area contributed by atoms with Crippen molar-refractivity contribution in [3.8, 4) is 11.5 Å². The number of aryl methyl sites for hydroxylation is 1. The number of carbonyl (C=O) groups excluding carboxylic acids is 1. The molecule has 0 saturated carbocycles. The molecule has 2 aromatic rings. The lowest BCUT2D eigenvalue weighted by Crippen LogP contribution is -2.05. The van der Waals surface area contributed by atoms with E-state index < -0.39 is 5.97 Å². The smallest absolute Gasteiger partial charge is 0.363 e. The van der Waals surface area contributed by atoms with Crippen molar-refractivity contribution in [2.75, 3.05) is 13.2 Å². The van der Waals surface area contributed by atoms with Crippen LogP contribution >= 0.6 is 22.6 Å². The average Bonchev–Trinajstić information content (AvgIpc) is 2.99. The van der Waals surface area contributed by atoms with E-state index in [0.717, 1.165) is 20.3 Å². The third kappa shape index (κ3) is 4.50. The summed E-state index contributed by atoms with van der Waals surface area (Å²) in [5.41, 5.74) is 2.96. The normalized spacial score (nSPS) is 14.9. The molecule has 1 heterocycles. The van der Waals surface area contributed by atoms with Crippen molar-refractivity contribution in [3.63, 3.8) is 0 Å². The Morgan fingerprint density at radius 3 is 2.48 bits per heavy atom. The fourth-order valence-corrected chi connectivity index (χ4v) is 3.39. The monoisotopic (exact) mass is 477 g/mol. The summed E-state index contributed by atoms with van der Waals surface area (Å²) in [5.74, 6) is 1.21. The molecule has 3 rings (SSSR count). The van der Waals surface area contributed by atoms with Crippen LogP contribution < -0.4 is 9.47 Å². The van der Waals surface area contributed by atoms with E-state index >= 15 is 0 Å². The zero-order valence-electron chi connectivity index (χ0n) is 15.4. The molecule has 6 heteroatoms. The summed E-state index contributed by atoms with van der Waals surface area (Å²) in [5, 5.41) is 0. The van der Waals surface area contributed by atoms with Crippen LogP contribution in [0.5, 0.6) is 11.5 Å². The summed E-state index contributed by atoms with van der Waals surface area (Å²) >= 11 is 2.20. The van der Waals surface area contributed by atoms with E-state index in [2.05, 4.69) is 27.6 Å². The molecule has 0 amide bonds. The van der Waals surface area contributed by atoms with E-state index in [0.29, 0.717) is 30.6 Å². The van der Waals surface area contributed by atoms with Crippen LogP contribution in [0.3, 0.4) is 0 Å². The fraction of sp³-hybridized carbons (Fsp3) is 0.238. The summed E-state index contributed by atoms with van der Waals surface area (Å²) in [7, 11) is 0. The Balaban J connectivity index is 1.95. The van der Waals surface area contributed by atoms with Gasteiger partial charge in [0, 0.05) is 5.56 Å².